The van der Waals surface area contributed by atoms with Crippen LogP contribution in [0.5, 0.6) is 0 Å². The molecule has 1 fully saturated rings. The molecule has 136 valence electrons. The lowest BCUT2D eigenvalue weighted by Crippen LogP contribution is -2.32. The molecular weight excluding hydrogens is 387 g/mol. The highest BCUT2D eigenvalue weighted by atomic mass is 35.5. The zero-order valence-electron chi connectivity index (χ0n) is 13.7. The number of carbonyl (C=O) groups is 3. The lowest BCUT2D eigenvalue weighted by Gasteiger charge is -2.18. The smallest absolute Gasteiger partial charge is 0.308 e. The minimum Gasteiger partial charge on any atom is -0.456 e. The zero-order chi connectivity index (χ0) is 18.4. The Morgan fingerprint density at radius 2 is 2.08 bits per heavy atom. The third kappa shape index (κ3) is 6.09. The summed E-state index contributed by atoms with van der Waals surface area (Å²) in [5, 5.41) is 0.842. The number of amides is 2. The van der Waals surface area contributed by atoms with E-state index >= 15 is 0 Å². The maximum atomic E-state index is 12.0. The van der Waals surface area contributed by atoms with E-state index in [4.69, 9.17) is 27.9 Å². The Kier molecular flexibility index (Phi) is 7.40. The fourth-order valence-corrected chi connectivity index (χ4v) is 3.35. The molecular formula is C16H18Cl2N2O4S. The molecule has 1 aliphatic rings. The van der Waals surface area contributed by atoms with Gasteiger partial charge in [-0.05, 0) is 17.7 Å². The molecule has 0 bridgehead atoms. The monoisotopic (exact) mass is 404 g/mol. The third-order valence-corrected chi connectivity index (χ3v) is 5.25. The zero-order valence-corrected chi connectivity index (χ0v) is 16.0. The maximum Gasteiger partial charge on any atom is 0.308 e. The summed E-state index contributed by atoms with van der Waals surface area (Å²) in [5.74, 6) is -0.0838. The molecule has 0 unspecified atom stereocenters. The summed E-state index contributed by atoms with van der Waals surface area (Å²) in [5.41, 5.74) is 0.821. The molecule has 1 aromatic rings. The van der Waals surface area contributed by atoms with E-state index in [1.54, 1.807) is 30.1 Å². The van der Waals surface area contributed by atoms with E-state index < -0.39 is 5.97 Å². The Morgan fingerprint density at radius 3 is 2.72 bits per heavy atom. The van der Waals surface area contributed by atoms with Crippen molar-refractivity contribution >= 4 is 52.1 Å². The molecule has 25 heavy (non-hydrogen) atoms. The minimum absolute atomic E-state index is 0.0229. The number of carbonyl (C=O) groups excluding carboxylic acids is 3. The number of hydrogen-bond acceptors (Lipinski definition) is 5. The fourth-order valence-electron chi connectivity index (χ4n) is 2.18. The van der Waals surface area contributed by atoms with Crippen molar-refractivity contribution in [2.45, 2.75) is 13.0 Å². The molecule has 0 atom stereocenters. The van der Waals surface area contributed by atoms with E-state index in [0.29, 0.717) is 29.7 Å². The number of thioether (sulfide) groups is 1. The lowest BCUT2D eigenvalue weighted by molar-refractivity contribution is -0.151. The Morgan fingerprint density at radius 1 is 1.32 bits per heavy atom. The summed E-state index contributed by atoms with van der Waals surface area (Å²) in [6, 6.07) is 5.12. The molecule has 1 saturated heterocycles. The minimum atomic E-state index is -0.499. The van der Waals surface area contributed by atoms with Crippen LogP contribution in [-0.2, 0) is 20.9 Å². The van der Waals surface area contributed by atoms with Crippen LogP contribution in [0.4, 0.5) is 4.79 Å². The third-order valence-electron chi connectivity index (χ3n) is 3.62. The highest BCUT2D eigenvalue weighted by Crippen LogP contribution is 2.23. The molecule has 1 heterocycles. The first kappa shape index (κ1) is 19.9. The first-order chi connectivity index (χ1) is 11.9. The van der Waals surface area contributed by atoms with Gasteiger partial charge in [-0.3, -0.25) is 14.4 Å². The molecule has 6 nitrogen and oxygen atoms in total. The van der Waals surface area contributed by atoms with Gasteiger partial charge >= 0.3 is 5.97 Å². The van der Waals surface area contributed by atoms with Crippen LogP contribution < -0.4 is 0 Å². The van der Waals surface area contributed by atoms with Crippen molar-refractivity contribution in [1.82, 2.24) is 9.80 Å². The summed E-state index contributed by atoms with van der Waals surface area (Å²) >= 11 is 13.0. The molecule has 0 saturated carbocycles. The number of benzene rings is 1. The molecule has 0 aromatic heterocycles. The van der Waals surface area contributed by atoms with Gasteiger partial charge in [0.05, 0.1) is 16.5 Å². The molecule has 2 rings (SSSR count). The number of halogens is 2. The van der Waals surface area contributed by atoms with Gasteiger partial charge in [-0.1, -0.05) is 41.0 Å². The van der Waals surface area contributed by atoms with Crippen molar-refractivity contribution in [3.05, 3.63) is 33.8 Å². The van der Waals surface area contributed by atoms with Crippen molar-refractivity contribution in [3.8, 4) is 0 Å². The summed E-state index contributed by atoms with van der Waals surface area (Å²) < 4.78 is 4.98. The fraction of sp³-hybridized carbons (Fsp3) is 0.438. The summed E-state index contributed by atoms with van der Waals surface area (Å²) in [7, 11) is 1.61. The van der Waals surface area contributed by atoms with E-state index in [1.807, 2.05) is 0 Å². The van der Waals surface area contributed by atoms with Gasteiger partial charge in [0, 0.05) is 32.4 Å². The summed E-state index contributed by atoms with van der Waals surface area (Å²) in [6.45, 7) is 0.951. The first-order valence-corrected chi connectivity index (χ1v) is 9.36. The summed E-state index contributed by atoms with van der Waals surface area (Å²) in [6.07, 6.45) is 0.0795. The second-order valence-corrected chi connectivity index (χ2v) is 7.37. The lowest BCUT2D eigenvalue weighted by atomic mass is 10.2. The van der Waals surface area contributed by atoms with E-state index in [0.717, 1.165) is 11.3 Å². The van der Waals surface area contributed by atoms with E-state index in [1.165, 1.54) is 16.7 Å². The molecule has 0 N–H and O–H groups in total. The highest BCUT2D eigenvalue weighted by Gasteiger charge is 2.22. The number of ether oxygens (including phenoxy) is 1. The Labute approximate surface area is 160 Å². The van der Waals surface area contributed by atoms with Gasteiger partial charge in [0.2, 0.25) is 0 Å². The van der Waals surface area contributed by atoms with Gasteiger partial charge in [0.25, 0.3) is 11.1 Å². The molecule has 0 spiro atoms. The van der Waals surface area contributed by atoms with Crippen LogP contribution in [0.15, 0.2) is 18.2 Å². The largest absolute Gasteiger partial charge is 0.456 e. The van der Waals surface area contributed by atoms with Crippen LogP contribution in [0.2, 0.25) is 10.0 Å². The average molecular weight is 405 g/mol. The number of rotatable bonds is 7. The van der Waals surface area contributed by atoms with Crippen LogP contribution in [-0.4, -0.2) is 59.4 Å². The maximum absolute atomic E-state index is 12.0. The van der Waals surface area contributed by atoms with Crippen LogP contribution in [0, 0.1) is 0 Å². The number of likely N-dealkylation sites (N-methyl/N-ethyl adjacent to an activating group) is 1. The predicted molar refractivity (Wildman–Crippen MR) is 97.9 cm³/mol. The predicted octanol–water partition coefficient (Wildman–Crippen LogP) is 3.05. The van der Waals surface area contributed by atoms with Gasteiger partial charge in [0.15, 0.2) is 6.61 Å². The average Bonchev–Trinajstić information content (AvgIpc) is 2.99. The second-order valence-electron chi connectivity index (χ2n) is 5.51. The van der Waals surface area contributed by atoms with Crippen LogP contribution in [0.25, 0.3) is 0 Å². The molecule has 0 radical (unpaired) electrons. The SMILES string of the molecule is CN(Cc1ccc(Cl)c(Cl)c1)C(=O)COC(=O)CCN1CCSC1=O. The molecule has 0 aliphatic carbocycles. The van der Waals surface area contributed by atoms with E-state index in [-0.39, 0.29) is 24.2 Å². The molecule has 1 aromatic carbocycles. The molecule has 1 aliphatic heterocycles. The van der Waals surface area contributed by atoms with Crippen LogP contribution in [0.3, 0.4) is 0 Å². The first-order valence-electron chi connectivity index (χ1n) is 7.62. The van der Waals surface area contributed by atoms with Crippen molar-refractivity contribution in [3.63, 3.8) is 0 Å². The van der Waals surface area contributed by atoms with Crippen LogP contribution in [0.1, 0.15) is 12.0 Å². The van der Waals surface area contributed by atoms with Gasteiger partial charge in [-0.2, -0.15) is 0 Å². The molecule has 9 heteroatoms. The Bertz CT molecular complexity index is 672. The number of nitrogens with zero attached hydrogens (tertiary/aromatic N) is 2. The van der Waals surface area contributed by atoms with Gasteiger partial charge in [-0.25, -0.2) is 0 Å². The standard InChI is InChI=1S/C16H18Cl2N2O4S/c1-19(9-11-2-3-12(17)13(18)8-11)14(21)10-24-15(22)4-5-20-6-7-25-16(20)23/h2-3,8H,4-7,9-10H2,1H3. The van der Waals surface area contributed by atoms with E-state index in [2.05, 4.69) is 0 Å². The van der Waals surface area contributed by atoms with Crippen molar-refractivity contribution in [2.75, 3.05) is 32.5 Å². The highest BCUT2D eigenvalue weighted by molar-refractivity contribution is 8.13. The van der Waals surface area contributed by atoms with Crippen molar-refractivity contribution in [1.29, 1.82) is 0 Å². The summed E-state index contributed by atoms with van der Waals surface area (Å²) in [4.78, 5) is 38.2. The Balaban J connectivity index is 1.72. The van der Waals surface area contributed by atoms with Crippen LogP contribution >= 0.6 is 35.0 Å². The second kappa shape index (κ2) is 9.31. The van der Waals surface area contributed by atoms with Crippen molar-refractivity contribution < 1.29 is 19.1 Å². The topological polar surface area (TPSA) is 66.9 Å². The number of hydrogen-bond donors (Lipinski definition) is 0. The Hall–Kier alpha value is -1.44. The number of esters is 1. The van der Waals surface area contributed by atoms with Gasteiger partial charge in [0.1, 0.15) is 0 Å². The van der Waals surface area contributed by atoms with E-state index in [9.17, 15) is 14.4 Å². The quantitative estimate of drug-likeness (QED) is 0.653. The van der Waals surface area contributed by atoms with Crippen molar-refractivity contribution in [2.24, 2.45) is 0 Å². The normalized spacial score (nSPS) is 13.9. The molecule has 2 amide bonds. The van der Waals surface area contributed by atoms with Gasteiger partial charge < -0.3 is 14.5 Å². The van der Waals surface area contributed by atoms with Gasteiger partial charge in [-0.15, -0.1) is 0 Å².